The van der Waals surface area contributed by atoms with Crippen molar-refractivity contribution in [1.29, 1.82) is 0 Å². The van der Waals surface area contributed by atoms with Gasteiger partial charge in [0.15, 0.2) is 0 Å². The van der Waals surface area contributed by atoms with Crippen molar-refractivity contribution >= 4 is 27.1 Å². The summed E-state index contributed by atoms with van der Waals surface area (Å²) in [5.74, 6) is 0. The minimum absolute atomic E-state index is 0.193. The number of halogens is 1. The van der Waals surface area contributed by atoms with E-state index in [1.807, 2.05) is 0 Å². The van der Waals surface area contributed by atoms with Crippen molar-refractivity contribution in [1.82, 2.24) is 0 Å². The van der Waals surface area contributed by atoms with Gasteiger partial charge in [-0.05, 0) is 0 Å². The molecule has 0 aromatic rings. The zero-order valence-corrected chi connectivity index (χ0v) is 13.9. The van der Waals surface area contributed by atoms with Gasteiger partial charge in [-0.1, -0.05) is 0 Å². The van der Waals surface area contributed by atoms with E-state index >= 15 is 0 Å². The van der Waals surface area contributed by atoms with Gasteiger partial charge in [-0.25, -0.2) is 0 Å². The normalized spacial score (nSPS) is 23.0. The molecule has 0 bridgehead atoms. The van der Waals surface area contributed by atoms with Crippen molar-refractivity contribution in [2.45, 2.75) is 48.5 Å². The SMILES string of the molecule is CC1=CC(C(C)(C)C)=[Se](Cl)C(C(C)(C)C)=C1. The molecule has 0 saturated carbocycles. The Morgan fingerprint density at radius 1 is 0.938 bits per heavy atom. The van der Waals surface area contributed by atoms with E-state index in [4.69, 9.17) is 10.1 Å². The van der Waals surface area contributed by atoms with Crippen molar-refractivity contribution in [2.24, 2.45) is 10.8 Å². The summed E-state index contributed by atoms with van der Waals surface area (Å²) in [7, 11) is 6.76. The van der Waals surface area contributed by atoms with Gasteiger partial charge in [-0.15, -0.1) is 0 Å². The van der Waals surface area contributed by atoms with Crippen molar-refractivity contribution in [2.75, 3.05) is 0 Å². The number of hydrogen-bond donors (Lipinski definition) is 0. The van der Waals surface area contributed by atoms with E-state index in [2.05, 4.69) is 60.6 Å². The zero-order valence-electron chi connectivity index (χ0n) is 11.4. The maximum absolute atomic E-state index is 6.76. The van der Waals surface area contributed by atoms with Gasteiger partial charge < -0.3 is 0 Å². The van der Waals surface area contributed by atoms with Crippen LogP contribution in [-0.4, -0.2) is 17.0 Å². The van der Waals surface area contributed by atoms with Crippen molar-refractivity contribution in [3.8, 4) is 0 Å². The minimum atomic E-state index is -1.29. The Hall–Kier alpha value is 0.159. The molecule has 0 saturated heterocycles. The van der Waals surface area contributed by atoms with Crippen molar-refractivity contribution in [3.05, 3.63) is 22.2 Å². The predicted octanol–water partition coefficient (Wildman–Crippen LogP) is 4.49. The van der Waals surface area contributed by atoms with Crippen LogP contribution in [0.15, 0.2) is 22.2 Å². The van der Waals surface area contributed by atoms with Crippen LogP contribution in [-0.2, 0) is 0 Å². The quantitative estimate of drug-likeness (QED) is 0.579. The van der Waals surface area contributed by atoms with Gasteiger partial charge in [0, 0.05) is 0 Å². The number of rotatable bonds is 0. The second-order valence-corrected chi connectivity index (χ2v) is 11.0. The molecule has 0 nitrogen and oxygen atoms in total. The maximum atomic E-state index is 6.76. The summed E-state index contributed by atoms with van der Waals surface area (Å²) in [6.45, 7) is 15.7. The van der Waals surface area contributed by atoms with E-state index in [0.717, 1.165) is 0 Å². The van der Waals surface area contributed by atoms with E-state index in [0.29, 0.717) is 0 Å². The third-order valence-electron chi connectivity index (χ3n) is 2.58. The van der Waals surface area contributed by atoms with Crippen LogP contribution in [0.5, 0.6) is 0 Å². The monoisotopic (exact) mass is 306 g/mol. The van der Waals surface area contributed by atoms with Gasteiger partial charge in [0.25, 0.3) is 0 Å². The van der Waals surface area contributed by atoms with E-state index in [1.165, 1.54) is 14.5 Å². The third-order valence-corrected chi connectivity index (χ3v) is 8.99. The first-order chi connectivity index (χ1) is 7.03. The first-order valence-corrected chi connectivity index (χ1v) is 9.68. The second-order valence-electron chi connectivity index (χ2n) is 6.52. The topological polar surface area (TPSA) is 0 Å². The first-order valence-electron chi connectivity index (χ1n) is 5.72. The summed E-state index contributed by atoms with van der Waals surface area (Å²) >= 11 is -1.29. The van der Waals surface area contributed by atoms with Gasteiger partial charge in [0.2, 0.25) is 0 Å². The molecule has 92 valence electrons. The Labute approximate surface area is 108 Å². The van der Waals surface area contributed by atoms with Gasteiger partial charge in [0.05, 0.1) is 0 Å². The van der Waals surface area contributed by atoms with Gasteiger partial charge in [0.1, 0.15) is 0 Å². The Bertz CT molecular complexity index is 384. The summed E-state index contributed by atoms with van der Waals surface area (Å²) in [5, 5.41) is 0. The molecular weight excluding hydrogens is 283 g/mol. The summed E-state index contributed by atoms with van der Waals surface area (Å²) in [4.78, 5) is 0. The van der Waals surface area contributed by atoms with Crippen LogP contribution < -0.4 is 0 Å². The molecule has 0 N–H and O–H groups in total. The molecule has 1 heterocycles. The molecular formula is C14H23ClSe. The number of allylic oxidation sites excluding steroid dienone is 4. The average molecular weight is 306 g/mol. The summed E-state index contributed by atoms with van der Waals surface area (Å²) in [5.41, 5.74) is 1.73. The van der Waals surface area contributed by atoms with Crippen molar-refractivity contribution < 1.29 is 0 Å². The Morgan fingerprint density at radius 2 is 1.44 bits per heavy atom. The van der Waals surface area contributed by atoms with E-state index < -0.39 is 12.6 Å². The molecule has 0 amide bonds. The third kappa shape index (κ3) is 3.09. The molecule has 1 aliphatic rings. The van der Waals surface area contributed by atoms with Crippen molar-refractivity contribution in [3.63, 3.8) is 0 Å². The fourth-order valence-electron chi connectivity index (χ4n) is 1.65. The number of hydrogen-bond acceptors (Lipinski definition) is 0. The Kier molecular flexibility index (Phi) is 3.95. The van der Waals surface area contributed by atoms with E-state index in [9.17, 15) is 0 Å². The van der Waals surface area contributed by atoms with Gasteiger partial charge in [-0.3, -0.25) is 0 Å². The van der Waals surface area contributed by atoms with E-state index in [1.54, 1.807) is 0 Å². The molecule has 0 aromatic carbocycles. The van der Waals surface area contributed by atoms with Crippen LogP contribution in [0.1, 0.15) is 48.5 Å². The molecule has 16 heavy (non-hydrogen) atoms. The standard InChI is InChI=1S/C14H23ClSe/c1-10-8-11(13(2,3)4)16(15)12(9-10)14(5,6)7/h8-9H,1-7H3. The average Bonchev–Trinajstić information content (AvgIpc) is 2.04. The molecule has 1 atom stereocenters. The predicted molar refractivity (Wildman–Crippen MR) is 77.4 cm³/mol. The van der Waals surface area contributed by atoms with Gasteiger partial charge >= 0.3 is 109 Å². The molecule has 1 rings (SSSR count). The molecule has 0 aromatic heterocycles. The molecule has 0 spiro atoms. The Balaban J connectivity index is 3.38. The van der Waals surface area contributed by atoms with E-state index in [-0.39, 0.29) is 10.8 Å². The summed E-state index contributed by atoms with van der Waals surface area (Å²) < 4.78 is 2.91. The second kappa shape index (κ2) is 4.44. The Morgan fingerprint density at radius 3 is 1.81 bits per heavy atom. The molecule has 1 unspecified atom stereocenters. The van der Waals surface area contributed by atoms with Crippen LogP contribution in [0, 0.1) is 10.8 Å². The van der Waals surface area contributed by atoms with Crippen LogP contribution >= 0.6 is 10.1 Å². The van der Waals surface area contributed by atoms with Gasteiger partial charge in [-0.2, -0.15) is 0 Å². The molecule has 1 aliphatic heterocycles. The fraction of sp³-hybridized carbons (Fsp3) is 0.643. The van der Waals surface area contributed by atoms with Crippen LogP contribution in [0.25, 0.3) is 0 Å². The summed E-state index contributed by atoms with van der Waals surface area (Å²) in [6, 6.07) is 0. The fourth-order valence-corrected chi connectivity index (χ4v) is 8.48. The van der Waals surface area contributed by atoms with Crippen LogP contribution in [0.3, 0.4) is 0 Å². The zero-order chi connectivity index (χ0) is 12.7. The molecule has 0 radical (unpaired) electrons. The molecule has 2 heteroatoms. The van der Waals surface area contributed by atoms with Crippen LogP contribution in [0.4, 0.5) is 0 Å². The molecule has 0 aliphatic carbocycles. The molecule has 0 fully saturated rings. The first kappa shape index (κ1) is 14.2. The van der Waals surface area contributed by atoms with Crippen LogP contribution in [0.2, 0.25) is 0 Å². The summed E-state index contributed by atoms with van der Waals surface area (Å²) in [6.07, 6.45) is 4.60.